The van der Waals surface area contributed by atoms with E-state index in [1.807, 2.05) is 0 Å². The molecule has 4 rings (SSSR count). The Hall–Kier alpha value is -3.87. The van der Waals surface area contributed by atoms with Gasteiger partial charge in [0.2, 0.25) is 5.91 Å². The average Bonchev–Trinajstić information content (AvgIpc) is 2.98. The number of rotatable bonds is 5. The number of fused-ring (bicyclic) bond motifs is 1. The van der Waals surface area contributed by atoms with Crippen LogP contribution in [-0.2, 0) is 4.79 Å². The zero-order valence-corrected chi connectivity index (χ0v) is 15.2. The number of hydrogen-bond acceptors (Lipinski definition) is 4. The summed E-state index contributed by atoms with van der Waals surface area (Å²) in [6, 6.07) is 15.1. The number of benzene rings is 2. The van der Waals surface area contributed by atoms with Crippen LogP contribution in [0, 0.1) is 5.82 Å². The normalized spacial score (nSPS) is 13.9. The number of hydrogen-bond donors (Lipinski definition) is 1. The molecule has 0 saturated carbocycles. The average molecular weight is 389 g/mol. The maximum atomic E-state index is 13.3. The van der Waals surface area contributed by atoms with Gasteiger partial charge in [0.25, 0.3) is 11.8 Å². The lowest BCUT2D eigenvalue weighted by molar-refractivity contribution is -0.121. The molecule has 0 radical (unpaired) electrons. The van der Waals surface area contributed by atoms with Gasteiger partial charge in [-0.05, 0) is 47.5 Å². The fourth-order valence-corrected chi connectivity index (χ4v) is 3.30. The summed E-state index contributed by atoms with van der Waals surface area (Å²) in [5.41, 5.74) is 1.97. The minimum Gasteiger partial charge on any atom is -0.344 e. The van der Waals surface area contributed by atoms with Gasteiger partial charge < -0.3 is 5.32 Å². The van der Waals surface area contributed by atoms with Crippen LogP contribution in [0.3, 0.4) is 0 Å². The van der Waals surface area contributed by atoms with E-state index in [1.54, 1.807) is 60.9 Å². The van der Waals surface area contributed by atoms with Gasteiger partial charge in [-0.2, -0.15) is 0 Å². The van der Waals surface area contributed by atoms with Crippen molar-refractivity contribution in [2.24, 2.45) is 0 Å². The highest BCUT2D eigenvalue weighted by Crippen LogP contribution is 2.24. The molecule has 7 heteroatoms. The van der Waals surface area contributed by atoms with Crippen molar-refractivity contribution in [2.75, 3.05) is 6.54 Å². The van der Waals surface area contributed by atoms with Gasteiger partial charge in [-0.1, -0.05) is 24.3 Å². The van der Waals surface area contributed by atoms with Gasteiger partial charge in [-0.25, -0.2) is 4.39 Å². The summed E-state index contributed by atoms with van der Waals surface area (Å²) < 4.78 is 13.3. The monoisotopic (exact) mass is 389 g/mol. The minimum absolute atomic E-state index is 0.287. The highest BCUT2D eigenvalue weighted by Gasteiger charge is 2.36. The molecule has 29 heavy (non-hydrogen) atoms. The predicted octanol–water partition coefficient (Wildman–Crippen LogP) is 2.72. The van der Waals surface area contributed by atoms with Gasteiger partial charge in [0.1, 0.15) is 12.4 Å². The molecule has 0 saturated heterocycles. The van der Waals surface area contributed by atoms with Crippen LogP contribution in [0.25, 0.3) is 0 Å². The molecule has 1 N–H and O–H groups in total. The number of nitrogens with one attached hydrogen (secondary N) is 1. The fraction of sp³-hybridized carbons (Fsp3) is 0.0909. The summed E-state index contributed by atoms with van der Waals surface area (Å²) in [6.07, 6.45) is 3.17. The first-order chi connectivity index (χ1) is 14.0. The van der Waals surface area contributed by atoms with Crippen molar-refractivity contribution in [3.8, 4) is 0 Å². The van der Waals surface area contributed by atoms with Gasteiger partial charge >= 0.3 is 0 Å². The molecular formula is C22H16FN3O3. The molecule has 0 spiro atoms. The van der Waals surface area contributed by atoms with Crippen molar-refractivity contribution < 1.29 is 18.8 Å². The summed E-state index contributed by atoms with van der Waals surface area (Å²) in [5, 5.41) is 2.83. The number of aromatic nitrogens is 1. The summed E-state index contributed by atoms with van der Waals surface area (Å²) in [5.74, 6) is -1.89. The Bertz CT molecular complexity index is 1050. The Labute approximate surface area is 166 Å². The highest BCUT2D eigenvalue weighted by atomic mass is 19.1. The van der Waals surface area contributed by atoms with Gasteiger partial charge in [0.15, 0.2) is 0 Å². The molecular weight excluding hydrogens is 373 g/mol. The standard InChI is InChI=1S/C22H16FN3O3/c23-16-7-5-14(6-8-16)20(15-9-11-24-12-10-15)25-19(27)13-26-21(28)17-3-1-2-4-18(17)22(26)29/h1-12,20H,13H2,(H,25,27). The number of amides is 3. The third-order valence-electron chi connectivity index (χ3n) is 4.73. The predicted molar refractivity (Wildman–Crippen MR) is 102 cm³/mol. The van der Waals surface area contributed by atoms with Crippen LogP contribution in [0.5, 0.6) is 0 Å². The first kappa shape index (κ1) is 18.5. The first-order valence-corrected chi connectivity index (χ1v) is 8.94. The van der Waals surface area contributed by atoms with E-state index < -0.39 is 30.3 Å². The number of imide groups is 1. The molecule has 1 atom stereocenters. The first-order valence-electron chi connectivity index (χ1n) is 8.94. The third kappa shape index (κ3) is 3.62. The second kappa shape index (κ2) is 7.63. The molecule has 0 bridgehead atoms. The quantitative estimate of drug-likeness (QED) is 0.681. The van der Waals surface area contributed by atoms with Crippen molar-refractivity contribution in [3.63, 3.8) is 0 Å². The topological polar surface area (TPSA) is 79.4 Å². The van der Waals surface area contributed by atoms with E-state index in [9.17, 15) is 18.8 Å². The highest BCUT2D eigenvalue weighted by molar-refractivity contribution is 6.22. The molecule has 1 aliphatic rings. The number of nitrogens with zero attached hydrogens (tertiary/aromatic N) is 2. The van der Waals surface area contributed by atoms with Gasteiger partial charge in [0, 0.05) is 12.4 Å². The van der Waals surface area contributed by atoms with E-state index in [0.717, 1.165) is 10.5 Å². The molecule has 6 nitrogen and oxygen atoms in total. The SMILES string of the molecule is O=C(CN1C(=O)c2ccccc2C1=O)NC(c1ccncc1)c1ccc(F)cc1. The van der Waals surface area contributed by atoms with Crippen molar-refractivity contribution in [1.29, 1.82) is 0 Å². The number of halogens is 1. The van der Waals surface area contributed by atoms with Crippen LogP contribution >= 0.6 is 0 Å². The largest absolute Gasteiger partial charge is 0.344 e. The number of pyridine rings is 1. The molecule has 0 fully saturated rings. The van der Waals surface area contributed by atoms with Crippen LogP contribution < -0.4 is 5.32 Å². The van der Waals surface area contributed by atoms with E-state index in [-0.39, 0.29) is 16.9 Å². The Morgan fingerprint density at radius 3 is 2.03 bits per heavy atom. The molecule has 1 unspecified atom stereocenters. The van der Waals surface area contributed by atoms with Crippen molar-refractivity contribution in [2.45, 2.75) is 6.04 Å². The van der Waals surface area contributed by atoms with E-state index in [2.05, 4.69) is 10.3 Å². The maximum absolute atomic E-state index is 13.3. The molecule has 3 amide bonds. The van der Waals surface area contributed by atoms with Gasteiger partial charge in [0.05, 0.1) is 17.2 Å². The summed E-state index contributed by atoms with van der Waals surface area (Å²) in [6.45, 7) is -0.408. The van der Waals surface area contributed by atoms with Crippen LogP contribution in [0.15, 0.2) is 73.1 Å². The summed E-state index contributed by atoms with van der Waals surface area (Å²) in [4.78, 5) is 42.6. The van der Waals surface area contributed by atoms with E-state index in [0.29, 0.717) is 5.56 Å². The Balaban J connectivity index is 1.56. The van der Waals surface area contributed by atoms with E-state index in [4.69, 9.17) is 0 Å². The third-order valence-corrected chi connectivity index (χ3v) is 4.73. The van der Waals surface area contributed by atoms with Gasteiger partial charge in [-0.15, -0.1) is 0 Å². The zero-order chi connectivity index (χ0) is 20.4. The number of carbonyl (C=O) groups is 3. The van der Waals surface area contributed by atoms with Crippen LogP contribution in [0.1, 0.15) is 37.9 Å². The molecule has 2 heterocycles. The van der Waals surface area contributed by atoms with E-state index >= 15 is 0 Å². The maximum Gasteiger partial charge on any atom is 0.262 e. The molecule has 1 aromatic heterocycles. The Morgan fingerprint density at radius 2 is 1.45 bits per heavy atom. The van der Waals surface area contributed by atoms with Crippen molar-refractivity contribution in [3.05, 3.63) is 101 Å². The fourth-order valence-electron chi connectivity index (χ4n) is 3.30. The molecule has 0 aliphatic carbocycles. The van der Waals surface area contributed by atoms with E-state index in [1.165, 1.54) is 12.1 Å². The Kier molecular flexibility index (Phi) is 4.87. The van der Waals surface area contributed by atoms with Crippen LogP contribution in [-0.4, -0.2) is 34.2 Å². The molecule has 1 aliphatic heterocycles. The molecule has 3 aromatic rings. The molecule has 2 aromatic carbocycles. The van der Waals surface area contributed by atoms with Crippen molar-refractivity contribution >= 4 is 17.7 Å². The second-order valence-electron chi connectivity index (χ2n) is 6.57. The zero-order valence-electron chi connectivity index (χ0n) is 15.2. The van der Waals surface area contributed by atoms with Crippen LogP contribution in [0.4, 0.5) is 4.39 Å². The van der Waals surface area contributed by atoms with Crippen LogP contribution in [0.2, 0.25) is 0 Å². The lowest BCUT2D eigenvalue weighted by Gasteiger charge is -2.21. The van der Waals surface area contributed by atoms with Crippen molar-refractivity contribution in [1.82, 2.24) is 15.2 Å². The minimum atomic E-state index is -0.582. The lowest BCUT2D eigenvalue weighted by atomic mass is 9.99. The number of carbonyl (C=O) groups excluding carboxylic acids is 3. The second-order valence-corrected chi connectivity index (χ2v) is 6.57. The lowest BCUT2D eigenvalue weighted by Crippen LogP contribution is -2.41. The smallest absolute Gasteiger partial charge is 0.262 e. The summed E-state index contributed by atoms with van der Waals surface area (Å²) >= 11 is 0. The summed E-state index contributed by atoms with van der Waals surface area (Å²) in [7, 11) is 0. The molecule has 144 valence electrons. The van der Waals surface area contributed by atoms with Gasteiger partial charge in [-0.3, -0.25) is 24.3 Å². The Morgan fingerprint density at radius 1 is 0.897 bits per heavy atom.